The van der Waals surface area contributed by atoms with Crippen LogP contribution in [0, 0.1) is 0 Å². The number of aromatic nitrogens is 1. The van der Waals surface area contributed by atoms with E-state index in [2.05, 4.69) is 17.1 Å². The molecule has 2 N–H and O–H groups in total. The van der Waals surface area contributed by atoms with Crippen molar-refractivity contribution in [1.82, 2.24) is 4.98 Å². The largest absolute Gasteiger partial charge is 0.478 e. The number of alkyl halides is 3. The van der Waals surface area contributed by atoms with Crippen molar-refractivity contribution in [2.24, 2.45) is 0 Å². The van der Waals surface area contributed by atoms with Crippen LogP contribution in [-0.4, -0.2) is 31.4 Å². The van der Waals surface area contributed by atoms with Gasteiger partial charge in [0.05, 0.1) is 5.52 Å². The molecule has 0 atom stereocenters. The molecular weight excluding hydrogens is 353 g/mol. The van der Waals surface area contributed by atoms with Gasteiger partial charge in [-0.15, -0.1) is 0 Å². The predicted octanol–water partition coefficient (Wildman–Crippen LogP) is 3.93. The quantitative estimate of drug-likeness (QED) is 0.622. The van der Waals surface area contributed by atoms with E-state index >= 15 is 0 Å². The first kappa shape index (κ1) is 20.2. The molecule has 0 saturated carbocycles. The van der Waals surface area contributed by atoms with Gasteiger partial charge in [-0.1, -0.05) is 59.1 Å². The van der Waals surface area contributed by atoms with Crippen molar-refractivity contribution >= 4 is 57.6 Å². The van der Waals surface area contributed by atoms with Gasteiger partial charge in [0.1, 0.15) is 0 Å². The zero-order valence-electron chi connectivity index (χ0n) is 11.1. The zero-order valence-corrected chi connectivity index (χ0v) is 13.3. The molecule has 0 aliphatic carbocycles. The molecule has 0 radical (unpaired) electrons. The number of halogens is 3. The molecule has 1 aromatic heterocycles. The normalized spacial score (nSPS) is 9.64. The third kappa shape index (κ3) is 12.0. The Morgan fingerprint density at radius 3 is 1.86 bits per heavy atom. The number of hydrogen-bond donors (Lipinski definition) is 2. The number of benzene rings is 1. The minimum absolute atomic E-state index is 0.558. The molecule has 2 rings (SSSR count). The SMILES string of the molecule is ClC(Cl)Cl.O=C(O)/C=C/C(=O)O.c1ccc2ncccc2c1. The first-order valence-electron chi connectivity index (χ1n) is 5.69. The minimum Gasteiger partial charge on any atom is -0.478 e. The Bertz CT molecular complexity index is 548. The van der Waals surface area contributed by atoms with E-state index in [9.17, 15) is 9.59 Å². The highest BCUT2D eigenvalue weighted by molar-refractivity contribution is 6.63. The van der Waals surface area contributed by atoms with E-state index in [0.717, 1.165) is 5.52 Å². The molecule has 0 aliphatic rings. The first-order chi connectivity index (χ1) is 10.3. The van der Waals surface area contributed by atoms with Crippen LogP contribution in [0.15, 0.2) is 54.7 Å². The molecule has 1 aromatic carbocycles. The van der Waals surface area contributed by atoms with Crippen LogP contribution >= 0.6 is 34.8 Å². The van der Waals surface area contributed by atoms with Crippen LogP contribution in [0.5, 0.6) is 0 Å². The number of fused-ring (bicyclic) bond motifs is 1. The highest BCUT2D eigenvalue weighted by atomic mass is 35.6. The Morgan fingerprint density at radius 2 is 1.41 bits per heavy atom. The van der Waals surface area contributed by atoms with Crippen molar-refractivity contribution in [2.75, 3.05) is 0 Å². The van der Waals surface area contributed by atoms with E-state index < -0.39 is 16.2 Å². The van der Waals surface area contributed by atoms with E-state index in [1.807, 2.05) is 30.5 Å². The van der Waals surface area contributed by atoms with Crippen LogP contribution in [0.2, 0.25) is 0 Å². The van der Waals surface area contributed by atoms with Crippen LogP contribution in [0.1, 0.15) is 0 Å². The summed E-state index contributed by atoms with van der Waals surface area (Å²) >= 11 is 14.4. The lowest BCUT2D eigenvalue weighted by Gasteiger charge is -1.91. The summed E-state index contributed by atoms with van der Waals surface area (Å²) in [6.45, 7) is 0. The highest BCUT2D eigenvalue weighted by Crippen LogP contribution is 2.07. The summed E-state index contributed by atoms with van der Waals surface area (Å²) in [6, 6.07) is 12.1. The van der Waals surface area contributed by atoms with Crippen LogP contribution in [0.25, 0.3) is 10.9 Å². The fourth-order valence-corrected chi connectivity index (χ4v) is 1.16. The van der Waals surface area contributed by atoms with Crippen LogP contribution < -0.4 is 0 Å². The number of rotatable bonds is 2. The number of nitrogens with zero attached hydrogens (tertiary/aromatic N) is 1. The molecule has 0 unspecified atom stereocenters. The second-order valence-corrected chi connectivity index (χ2v) is 5.43. The summed E-state index contributed by atoms with van der Waals surface area (Å²) in [5.41, 5.74) is 1.06. The maximum absolute atomic E-state index is 9.55. The molecular formula is C14H12Cl3NO4. The predicted molar refractivity (Wildman–Crippen MR) is 87.5 cm³/mol. The van der Waals surface area contributed by atoms with Gasteiger partial charge in [0.25, 0.3) is 0 Å². The standard InChI is InChI=1S/C9H7N.C4H4O4.CHCl3/c1-2-6-9-8(4-1)5-3-7-10-9;5-3(6)1-2-4(7)8;2-1(3)4/h1-7H;1-2H,(H,5,6)(H,7,8);1H/b;2-1+;. The minimum atomic E-state index is -1.26. The Balaban J connectivity index is 0.000000332. The summed E-state index contributed by atoms with van der Waals surface area (Å²) in [5, 5.41) is 16.8. The maximum atomic E-state index is 9.55. The monoisotopic (exact) mass is 363 g/mol. The van der Waals surface area contributed by atoms with E-state index in [4.69, 9.17) is 45.0 Å². The zero-order chi connectivity index (χ0) is 17.0. The number of aliphatic carboxylic acids is 2. The summed E-state index contributed by atoms with van der Waals surface area (Å²) in [6.07, 6.45) is 2.92. The Kier molecular flexibility index (Phi) is 10.8. The van der Waals surface area contributed by atoms with Gasteiger partial charge in [0, 0.05) is 23.7 Å². The third-order valence-electron chi connectivity index (χ3n) is 1.88. The lowest BCUT2D eigenvalue weighted by atomic mass is 10.2. The Labute approximate surface area is 141 Å². The lowest BCUT2D eigenvalue weighted by Crippen LogP contribution is -1.91. The van der Waals surface area contributed by atoms with E-state index in [-0.39, 0.29) is 0 Å². The van der Waals surface area contributed by atoms with Gasteiger partial charge in [-0.25, -0.2) is 9.59 Å². The molecule has 0 saturated heterocycles. The van der Waals surface area contributed by atoms with Gasteiger partial charge in [-0.3, -0.25) is 4.98 Å². The lowest BCUT2D eigenvalue weighted by molar-refractivity contribution is -0.134. The summed E-state index contributed by atoms with van der Waals surface area (Å²) in [5.74, 6) is -2.51. The number of para-hydroxylation sites is 1. The van der Waals surface area contributed by atoms with E-state index in [0.29, 0.717) is 12.2 Å². The average Bonchev–Trinajstić information content (AvgIpc) is 2.45. The van der Waals surface area contributed by atoms with Crippen molar-refractivity contribution in [1.29, 1.82) is 0 Å². The van der Waals surface area contributed by atoms with Crippen LogP contribution in [0.4, 0.5) is 0 Å². The van der Waals surface area contributed by atoms with Gasteiger partial charge in [-0.05, 0) is 12.1 Å². The fourth-order valence-electron chi connectivity index (χ4n) is 1.16. The van der Waals surface area contributed by atoms with Gasteiger partial charge in [0.15, 0.2) is 4.30 Å². The van der Waals surface area contributed by atoms with Crippen LogP contribution in [-0.2, 0) is 9.59 Å². The summed E-state index contributed by atoms with van der Waals surface area (Å²) < 4.78 is -0.750. The van der Waals surface area contributed by atoms with E-state index in [1.54, 1.807) is 0 Å². The molecule has 0 fully saturated rings. The molecule has 0 amide bonds. The van der Waals surface area contributed by atoms with Crippen molar-refractivity contribution in [3.05, 3.63) is 54.7 Å². The maximum Gasteiger partial charge on any atom is 0.328 e. The molecule has 0 bridgehead atoms. The molecule has 0 spiro atoms. The second kappa shape index (κ2) is 11.8. The van der Waals surface area contributed by atoms with Crippen molar-refractivity contribution in [3.63, 3.8) is 0 Å². The van der Waals surface area contributed by atoms with Crippen molar-refractivity contribution in [2.45, 2.75) is 4.30 Å². The topological polar surface area (TPSA) is 87.5 Å². The van der Waals surface area contributed by atoms with Gasteiger partial charge < -0.3 is 10.2 Å². The highest BCUT2D eigenvalue weighted by Gasteiger charge is 1.88. The third-order valence-corrected chi connectivity index (χ3v) is 1.88. The molecule has 1 heterocycles. The Morgan fingerprint density at radius 1 is 0.955 bits per heavy atom. The molecule has 0 aliphatic heterocycles. The number of hydrogen-bond acceptors (Lipinski definition) is 3. The molecule has 118 valence electrons. The number of carboxylic acids is 2. The number of carboxylic acid groups (broad SMARTS) is 2. The van der Waals surface area contributed by atoms with Crippen molar-refractivity contribution < 1.29 is 19.8 Å². The van der Waals surface area contributed by atoms with Gasteiger partial charge >= 0.3 is 11.9 Å². The molecule has 5 nitrogen and oxygen atoms in total. The average molecular weight is 365 g/mol. The Hall–Kier alpha value is -1.82. The molecule has 22 heavy (non-hydrogen) atoms. The summed E-state index contributed by atoms with van der Waals surface area (Å²) in [4.78, 5) is 23.3. The summed E-state index contributed by atoms with van der Waals surface area (Å²) in [7, 11) is 0. The fraction of sp³-hybridized carbons (Fsp3) is 0.0714. The smallest absolute Gasteiger partial charge is 0.328 e. The number of pyridine rings is 1. The second-order valence-electron chi connectivity index (χ2n) is 3.45. The van der Waals surface area contributed by atoms with Gasteiger partial charge in [0.2, 0.25) is 0 Å². The molecule has 2 aromatic rings. The van der Waals surface area contributed by atoms with Crippen molar-refractivity contribution in [3.8, 4) is 0 Å². The number of carbonyl (C=O) groups is 2. The van der Waals surface area contributed by atoms with E-state index in [1.165, 1.54) is 5.39 Å². The van der Waals surface area contributed by atoms with Gasteiger partial charge in [-0.2, -0.15) is 0 Å². The molecule has 8 heteroatoms. The van der Waals surface area contributed by atoms with Crippen LogP contribution in [0.3, 0.4) is 0 Å². The first-order valence-corrected chi connectivity index (χ1v) is 6.99.